The van der Waals surface area contributed by atoms with Gasteiger partial charge in [-0.05, 0) is 50.2 Å². The molecular formula is C15H18ClNO. The van der Waals surface area contributed by atoms with Gasteiger partial charge in [0.2, 0.25) is 0 Å². The number of fused-ring (bicyclic) bond motifs is 1. The summed E-state index contributed by atoms with van der Waals surface area (Å²) in [4.78, 5) is 0. The lowest BCUT2D eigenvalue weighted by Crippen LogP contribution is -2.45. The number of hydrogen-bond acceptors (Lipinski definition) is 2. The topological polar surface area (TPSA) is 21.3 Å². The molecule has 1 spiro atoms. The van der Waals surface area contributed by atoms with Gasteiger partial charge < -0.3 is 10.1 Å². The van der Waals surface area contributed by atoms with Gasteiger partial charge in [0.15, 0.2) is 0 Å². The Morgan fingerprint density at radius 3 is 2.72 bits per heavy atom. The molecule has 0 aromatic heterocycles. The first kappa shape index (κ1) is 12.1. The Hall–Kier alpha value is -0.990. The summed E-state index contributed by atoms with van der Waals surface area (Å²) in [5.41, 5.74) is 3.24. The van der Waals surface area contributed by atoms with Gasteiger partial charge in [0.1, 0.15) is 11.4 Å². The van der Waals surface area contributed by atoms with Gasteiger partial charge in [-0.15, -0.1) is 0 Å². The number of rotatable bonds is 0. The third kappa shape index (κ3) is 1.84. The maximum Gasteiger partial charge on any atom is 0.130 e. The normalized spacial score (nSPS) is 20.6. The van der Waals surface area contributed by atoms with Gasteiger partial charge in [-0.25, -0.2) is 0 Å². The largest absolute Gasteiger partial charge is 0.482 e. The van der Waals surface area contributed by atoms with Crippen molar-refractivity contribution in [3.05, 3.63) is 33.9 Å². The van der Waals surface area contributed by atoms with Gasteiger partial charge >= 0.3 is 0 Å². The lowest BCUT2D eigenvalue weighted by molar-refractivity contribution is 0.0822. The van der Waals surface area contributed by atoms with Crippen LogP contribution in [0.1, 0.15) is 29.5 Å². The third-order valence-electron chi connectivity index (χ3n) is 4.01. The SMILES string of the molecule is Cc1cc2c(c(C)c1Cl)C=CC1(CCNCC1)O2. The number of benzene rings is 1. The van der Waals surface area contributed by atoms with E-state index < -0.39 is 0 Å². The summed E-state index contributed by atoms with van der Waals surface area (Å²) in [5.74, 6) is 0.985. The summed E-state index contributed by atoms with van der Waals surface area (Å²) in [6.07, 6.45) is 6.47. The number of aryl methyl sites for hydroxylation is 1. The standard InChI is InChI=1S/C15H18ClNO/c1-10-9-13-12(11(2)14(10)16)3-4-15(18-13)5-7-17-8-6-15/h3-4,9,17H,5-8H2,1-2H3. The molecule has 3 rings (SSSR count). The zero-order valence-corrected chi connectivity index (χ0v) is 11.6. The fourth-order valence-electron chi connectivity index (χ4n) is 2.84. The molecule has 2 aliphatic heterocycles. The molecular weight excluding hydrogens is 246 g/mol. The molecule has 0 bridgehead atoms. The van der Waals surface area contributed by atoms with Gasteiger partial charge in [0, 0.05) is 23.4 Å². The Kier molecular flexibility index (Phi) is 2.87. The van der Waals surface area contributed by atoms with Gasteiger partial charge in [-0.3, -0.25) is 0 Å². The lowest BCUT2D eigenvalue weighted by atomic mass is 9.88. The van der Waals surface area contributed by atoms with E-state index in [1.165, 1.54) is 0 Å². The molecule has 1 aromatic rings. The molecule has 1 N–H and O–H groups in total. The molecule has 0 unspecified atom stereocenters. The quantitative estimate of drug-likeness (QED) is 0.774. The maximum absolute atomic E-state index is 6.29. The molecule has 2 heterocycles. The molecule has 1 aromatic carbocycles. The summed E-state index contributed by atoms with van der Waals surface area (Å²) in [7, 11) is 0. The van der Waals surface area contributed by atoms with Crippen molar-refractivity contribution in [3.8, 4) is 5.75 Å². The molecule has 96 valence electrons. The number of piperidine rings is 1. The molecule has 1 fully saturated rings. The maximum atomic E-state index is 6.29. The van der Waals surface area contributed by atoms with Gasteiger partial charge in [-0.2, -0.15) is 0 Å². The molecule has 0 amide bonds. The molecule has 0 radical (unpaired) electrons. The van der Waals surface area contributed by atoms with E-state index in [0.29, 0.717) is 0 Å². The highest BCUT2D eigenvalue weighted by Crippen LogP contribution is 2.40. The third-order valence-corrected chi connectivity index (χ3v) is 4.59. The van der Waals surface area contributed by atoms with Crippen molar-refractivity contribution < 1.29 is 4.74 Å². The Labute approximate surface area is 113 Å². The second-order valence-electron chi connectivity index (χ2n) is 5.29. The molecule has 3 heteroatoms. The fraction of sp³-hybridized carbons (Fsp3) is 0.467. The van der Waals surface area contributed by atoms with E-state index in [0.717, 1.165) is 53.4 Å². The highest BCUT2D eigenvalue weighted by molar-refractivity contribution is 6.32. The van der Waals surface area contributed by atoms with Gasteiger partial charge in [-0.1, -0.05) is 17.7 Å². The van der Waals surface area contributed by atoms with Crippen molar-refractivity contribution in [3.63, 3.8) is 0 Å². The number of ether oxygens (including phenoxy) is 1. The van der Waals surface area contributed by atoms with Crippen molar-refractivity contribution in [2.75, 3.05) is 13.1 Å². The minimum absolute atomic E-state index is 0.106. The number of hydrogen-bond donors (Lipinski definition) is 1. The Morgan fingerprint density at radius 2 is 2.00 bits per heavy atom. The van der Waals surface area contributed by atoms with Crippen molar-refractivity contribution in [1.29, 1.82) is 0 Å². The summed E-state index contributed by atoms with van der Waals surface area (Å²) < 4.78 is 6.29. The van der Waals surface area contributed by atoms with Crippen molar-refractivity contribution in [1.82, 2.24) is 5.32 Å². The van der Waals surface area contributed by atoms with Crippen LogP contribution in [0.3, 0.4) is 0 Å². The average Bonchev–Trinajstić information content (AvgIpc) is 2.37. The monoisotopic (exact) mass is 263 g/mol. The minimum Gasteiger partial charge on any atom is -0.482 e. The van der Waals surface area contributed by atoms with Crippen molar-refractivity contribution >= 4 is 17.7 Å². The van der Waals surface area contributed by atoms with E-state index in [1.54, 1.807) is 0 Å². The van der Waals surface area contributed by atoms with Crippen LogP contribution in [0, 0.1) is 13.8 Å². The second-order valence-corrected chi connectivity index (χ2v) is 5.67. The van der Waals surface area contributed by atoms with Crippen LogP contribution in [0.25, 0.3) is 6.08 Å². The van der Waals surface area contributed by atoms with E-state index in [-0.39, 0.29) is 5.60 Å². The Balaban J connectivity index is 2.03. The van der Waals surface area contributed by atoms with Crippen LogP contribution in [0.4, 0.5) is 0 Å². The van der Waals surface area contributed by atoms with E-state index in [9.17, 15) is 0 Å². The average molecular weight is 264 g/mol. The zero-order valence-electron chi connectivity index (χ0n) is 10.8. The van der Waals surface area contributed by atoms with E-state index in [2.05, 4.69) is 30.5 Å². The molecule has 0 aliphatic carbocycles. The van der Waals surface area contributed by atoms with E-state index in [1.807, 2.05) is 6.92 Å². The van der Waals surface area contributed by atoms with Crippen LogP contribution in [0.2, 0.25) is 5.02 Å². The first-order valence-corrected chi connectivity index (χ1v) is 6.88. The molecule has 0 saturated carbocycles. The summed E-state index contributed by atoms with van der Waals surface area (Å²) in [6, 6.07) is 2.07. The lowest BCUT2D eigenvalue weighted by Gasteiger charge is -2.38. The van der Waals surface area contributed by atoms with Crippen LogP contribution in [-0.2, 0) is 0 Å². The fourth-order valence-corrected chi connectivity index (χ4v) is 2.99. The second kappa shape index (κ2) is 4.29. The van der Waals surface area contributed by atoms with Gasteiger partial charge in [0.25, 0.3) is 0 Å². The molecule has 18 heavy (non-hydrogen) atoms. The Bertz CT molecular complexity index is 516. The minimum atomic E-state index is -0.106. The van der Waals surface area contributed by atoms with Crippen LogP contribution >= 0.6 is 11.6 Å². The molecule has 2 nitrogen and oxygen atoms in total. The summed E-state index contributed by atoms with van der Waals surface area (Å²) in [6.45, 7) is 6.13. The highest BCUT2D eigenvalue weighted by Gasteiger charge is 2.34. The predicted molar refractivity (Wildman–Crippen MR) is 75.4 cm³/mol. The highest BCUT2D eigenvalue weighted by atomic mass is 35.5. The van der Waals surface area contributed by atoms with Crippen LogP contribution in [-0.4, -0.2) is 18.7 Å². The Morgan fingerprint density at radius 1 is 1.28 bits per heavy atom. The van der Waals surface area contributed by atoms with Crippen LogP contribution in [0.15, 0.2) is 12.1 Å². The summed E-state index contributed by atoms with van der Waals surface area (Å²) >= 11 is 6.29. The molecule has 1 saturated heterocycles. The summed E-state index contributed by atoms with van der Waals surface area (Å²) in [5, 5.41) is 4.23. The van der Waals surface area contributed by atoms with E-state index in [4.69, 9.17) is 16.3 Å². The number of nitrogens with one attached hydrogen (secondary N) is 1. The predicted octanol–water partition coefficient (Wildman–Crippen LogP) is 3.48. The number of halogens is 1. The smallest absolute Gasteiger partial charge is 0.130 e. The van der Waals surface area contributed by atoms with Crippen LogP contribution < -0.4 is 10.1 Å². The molecule has 0 atom stereocenters. The van der Waals surface area contributed by atoms with Crippen molar-refractivity contribution in [2.24, 2.45) is 0 Å². The van der Waals surface area contributed by atoms with Crippen molar-refractivity contribution in [2.45, 2.75) is 32.3 Å². The zero-order chi connectivity index (χ0) is 12.8. The first-order valence-electron chi connectivity index (χ1n) is 6.50. The van der Waals surface area contributed by atoms with E-state index >= 15 is 0 Å². The van der Waals surface area contributed by atoms with Crippen LogP contribution in [0.5, 0.6) is 5.75 Å². The first-order chi connectivity index (χ1) is 8.61. The van der Waals surface area contributed by atoms with Gasteiger partial charge in [0.05, 0.1) is 0 Å². The molecule has 2 aliphatic rings.